The summed E-state index contributed by atoms with van der Waals surface area (Å²) in [6.45, 7) is 4.28. The van der Waals surface area contributed by atoms with Crippen LogP contribution in [-0.4, -0.2) is 5.71 Å². The Kier molecular flexibility index (Phi) is 2.32. The second-order valence-electron chi connectivity index (χ2n) is 4.74. The molecule has 17 heavy (non-hydrogen) atoms. The maximum atomic E-state index is 4.72. The van der Waals surface area contributed by atoms with Gasteiger partial charge in [0.1, 0.15) is 0 Å². The van der Waals surface area contributed by atoms with Crippen LogP contribution in [0.15, 0.2) is 47.5 Å². The van der Waals surface area contributed by atoms with Crippen LogP contribution in [0.4, 0.5) is 5.69 Å². The maximum Gasteiger partial charge on any atom is 0.0669 e. The monoisotopic (exact) mass is 221 g/mol. The van der Waals surface area contributed by atoms with E-state index < -0.39 is 0 Å². The Morgan fingerprint density at radius 1 is 0.941 bits per heavy atom. The molecule has 1 aliphatic rings. The Bertz CT molecular complexity index is 588. The Morgan fingerprint density at radius 3 is 2.35 bits per heavy atom. The minimum absolute atomic E-state index is 0.957. The standard InChI is InChI=1S/C16H15N/c1-11-7-12(2)9-14(8-11)16-10-13-5-3-4-6-15(13)17-16/h3-9H,10H2,1-2H3. The molecule has 0 bridgehead atoms. The molecule has 0 aromatic heterocycles. The molecule has 1 heterocycles. The molecule has 0 N–H and O–H groups in total. The summed E-state index contributed by atoms with van der Waals surface area (Å²) in [5.41, 5.74) is 7.53. The molecule has 1 aliphatic heterocycles. The van der Waals surface area contributed by atoms with E-state index in [4.69, 9.17) is 4.99 Å². The van der Waals surface area contributed by atoms with Crippen LogP contribution in [0.25, 0.3) is 0 Å². The summed E-state index contributed by atoms with van der Waals surface area (Å²) < 4.78 is 0. The highest BCUT2D eigenvalue weighted by Crippen LogP contribution is 2.28. The van der Waals surface area contributed by atoms with E-state index in [1.54, 1.807) is 0 Å². The van der Waals surface area contributed by atoms with Crippen molar-refractivity contribution in [2.45, 2.75) is 20.3 Å². The molecule has 0 radical (unpaired) electrons. The van der Waals surface area contributed by atoms with Crippen LogP contribution < -0.4 is 0 Å². The fourth-order valence-corrected chi connectivity index (χ4v) is 2.44. The largest absolute Gasteiger partial charge is 0.252 e. The number of hydrogen-bond acceptors (Lipinski definition) is 1. The van der Waals surface area contributed by atoms with E-state index in [2.05, 4.69) is 50.2 Å². The highest BCUT2D eigenvalue weighted by molar-refractivity contribution is 6.06. The van der Waals surface area contributed by atoms with E-state index in [1.807, 2.05) is 6.07 Å². The van der Waals surface area contributed by atoms with E-state index in [1.165, 1.54) is 28.0 Å². The molecule has 0 unspecified atom stereocenters. The van der Waals surface area contributed by atoms with Gasteiger partial charge in [0.05, 0.1) is 11.4 Å². The lowest BCUT2D eigenvalue weighted by atomic mass is 10.0. The molecule has 0 aliphatic carbocycles. The van der Waals surface area contributed by atoms with Gasteiger partial charge >= 0.3 is 0 Å². The van der Waals surface area contributed by atoms with E-state index in [0.717, 1.165) is 12.1 Å². The lowest BCUT2D eigenvalue weighted by Gasteiger charge is -2.04. The molecular weight excluding hydrogens is 206 g/mol. The second-order valence-corrected chi connectivity index (χ2v) is 4.74. The summed E-state index contributed by atoms with van der Waals surface area (Å²) in [6, 6.07) is 15.0. The molecule has 0 saturated carbocycles. The van der Waals surface area contributed by atoms with Gasteiger partial charge in [0.25, 0.3) is 0 Å². The smallest absolute Gasteiger partial charge is 0.0669 e. The van der Waals surface area contributed by atoms with Crippen molar-refractivity contribution in [1.82, 2.24) is 0 Å². The van der Waals surface area contributed by atoms with Crippen molar-refractivity contribution in [1.29, 1.82) is 0 Å². The van der Waals surface area contributed by atoms with Gasteiger partial charge in [-0.05, 0) is 31.0 Å². The molecule has 0 saturated heterocycles. The molecular formula is C16H15N. The van der Waals surface area contributed by atoms with E-state index in [-0.39, 0.29) is 0 Å². The van der Waals surface area contributed by atoms with Gasteiger partial charge in [-0.3, -0.25) is 4.99 Å². The van der Waals surface area contributed by atoms with Gasteiger partial charge in [-0.25, -0.2) is 0 Å². The predicted octanol–water partition coefficient (Wildman–Crippen LogP) is 3.98. The zero-order chi connectivity index (χ0) is 11.8. The van der Waals surface area contributed by atoms with Gasteiger partial charge in [0.2, 0.25) is 0 Å². The summed E-state index contributed by atoms with van der Waals surface area (Å²) in [5.74, 6) is 0. The SMILES string of the molecule is Cc1cc(C)cc(C2=Nc3ccccc3C2)c1. The number of rotatable bonds is 1. The summed E-state index contributed by atoms with van der Waals surface area (Å²) in [6.07, 6.45) is 0.957. The molecule has 3 rings (SSSR count). The first-order valence-corrected chi connectivity index (χ1v) is 5.96. The Balaban J connectivity index is 2.03. The van der Waals surface area contributed by atoms with Crippen LogP contribution in [0, 0.1) is 13.8 Å². The van der Waals surface area contributed by atoms with Gasteiger partial charge in [-0.15, -0.1) is 0 Å². The van der Waals surface area contributed by atoms with Crippen molar-refractivity contribution in [3.8, 4) is 0 Å². The van der Waals surface area contributed by atoms with Crippen molar-refractivity contribution in [2.75, 3.05) is 0 Å². The Labute approximate surface area is 102 Å². The highest BCUT2D eigenvalue weighted by atomic mass is 14.8. The number of nitrogens with zero attached hydrogens (tertiary/aromatic N) is 1. The minimum atomic E-state index is 0.957. The van der Waals surface area contributed by atoms with Crippen LogP contribution in [0.2, 0.25) is 0 Å². The summed E-state index contributed by atoms with van der Waals surface area (Å²) in [7, 11) is 0. The highest BCUT2D eigenvalue weighted by Gasteiger charge is 2.15. The lowest BCUT2D eigenvalue weighted by Crippen LogP contribution is -2.01. The van der Waals surface area contributed by atoms with Crippen LogP contribution >= 0.6 is 0 Å². The average molecular weight is 221 g/mol. The van der Waals surface area contributed by atoms with Gasteiger partial charge in [0.15, 0.2) is 0 Å². The molecule has 2 aromatic carbocycles. The summed E-state index contributed by atoms with van der Waals surface area (Å²) in [5, 5.41) is 0. The third-order valence-corrected chi connectivity index (χ3v) is 3.16. The van der Waals surface area contributed by atoms with E-state index >= 15 is 0 Å². The predicted molar refractivity (Wildman–Crippen MR) is 72.3 cm³/mol. The first-order chi connectivity index (χ1) is 8.22. The third kappa shape index (κ3) is 1.89. The molecule has 2 aromatic rings. The fraction of sp³-hybridized carbons (Fsp3) is 0.188. The number of hydrogen-bond donors (Lipinski definition) is 0. The quantitative estimate of drug-likeness (QED) is 0.690. The third-order valence-electron chi connectivity index (χ3n) is 3.16. The molecule has 1 heteroatoms. The molecule has 1 nitrogen and oxygen atoms in total. The fourth-order valence-electron chi connectivity index (χ4n) is 2.44. The first-order valence-electron chi connectivity index (χ1n) is 5.96. The zero-order valence-corrected chi connectivity index (χ0v) is 10.2. The Morgan fingerprint density at radius 2 is 1.65 bits per heavy atom. The topological polar surface area (TPSA) is 12.4 Å². The minimum Gasteiger partial charge on any atom is -0.252 e. The number of aryl methyl sites for hydroxylation is 2. The second kappa shape index (κ2) is 3.85. The van der Waals surface area contributed by atoms with Crippen molar-refractivity contribution < 1.29 is 0 Å². The van der Waals surface area contributed by atoms with Gasteiger partial charge in [0, 0.05) is 6.42 Å². The number of fused-ring (bicyclic) bond motifs is 1. The average Bonchev–Trinajstić information content (AvgIpc) is 2.71. The van der Waals surface area contributed by atoms with Gasteiger partial charge in [-0.1, -0.05) is 47.5 Å². The molecule has 0 amide bonds. The van der Waals surface area contributed by atoms with Gasteiger partial charge < -0.3 is 0 Å². The Hall–Kier alpha value is -1.89. The number of benzene rings is 2. The number of aliphatic imine (C=N–C) groups is 1. The molecule has 84 valence electrons. The van der Waals surface area contributed by atoms with Crippen LogP contribution in [-0.2, 0) is 6.42 Å². The van der Waals surface area contributed by atoms with Crippen LogP contribution in [0.1, 0.15) is 22.3 Å². The van der Waals surface area contributed by atoms with Crippen molar-refractivity contribution in [3.05, 3.63) is 64.7 Å². The van der Waals surface area contributed by atoms with Crippen LogP contribution in [0.5, 0.6) is 0 Å². The lowest BCUT2D eigenvalue weighted by molar-refractivity contribution is 1.34. The zero-order valence-electron chi connectivity index (χ0n) is 10.2. The van der Waals surface area contributed by atoms with Crippen LogP contribution in [0.3, 0.4) is 0 Å². The summed E-state index contributed by atoms with van der Waals surface area (Å²) >= 11 is 0. The van der Waals surface area contributed by atoms with E-state index in [9.17, 15) is 0 Å². The molecule has 0 spiro atoms. The first kappa shape index (κ1) is 10.3. The number of para-hydroxylation sites is 1. The van der Waals surface area contributed by atoms with Gasteiger partial charge in [-0.2, -0.15) is 0 Å². The normalized spacial score (nSPS) is 13.4. The van der Waals surface area contributed by atoms with Crippen molar-refractivity contribution >= 4 is 11.4 Å². The van der Waals surface area contributed by atoms with Crippen molar-refractivity contribution in [3.63, 3.8) is 0 Å². The molecule has 0 fully saturated rings. The maximum absolute atomic E-state index is 4.72. The molecule has 0 atom stereocenters. The van der Waals surface area contributed by atoms with Crippen molar-refractivity contribution in [2.24, 2.45) is 4.99 Å². The summed E-state index contributed by atoms with van der Waals surface area (Å²) in [4.78, 5) is 4.72. The van der Waals surface area contributed by atoms with E-state index in [0.29, 0.717) is 0 Å².